The average molecular weight is 248 g/mol. The molecule has 1 aromatic carbocycles. The molecule has 0 saturated heterocycles. The maximum Gasteiger partial charge on any atom is 0.171 e. The number of rotatable bonds is 4. The zero-order valence-electron chi connectivity index (χ0n) is 9.65. The summed E-state index contributed by atoms with van der Waals surface area (Å²) >= 11 is 5.97. The largest absolute Gasteiger partial charge is 0.337 e. The second-order valence-corrected chi connectivity index (χ2v) is 4.09. The minimum atomic E-state index is 0.388. The Kier molecular flexibility index (Phi) is 3.94. The number of aromatic nitrogens is 2. The molecule has 0 saturated carbocycles. The molecule has 0 radical (unpaired) electrons. The molecule has 1 N–H and O–H groups in total. The van der Waals surface area contributed by atoms with Crippen LogP contribution in [0.1, 0.15) is 18.9 Å². The first-order valence-corrected chi connectivity index (χ1v) is 6.00. The summed E-state index contributed by atoms with van der Waals surface area (Å²) in [7, 11) is 0. The lowest BCUT2D eigenvalue weighted by atomic mass is 10.1. The van der Waals surface area contributed by atoms with E-state index in [1.807, 2.05) is 18.2 Å². The van der Waals surface area contributed by atoms with Gasteiger partial charge in [-0.2, -0.15) is 0 Å². The summed E-state index contributed by atoms with van der Waals surface area (Å²) in [5.74, 6) is 0.595. The van der Waals surface area contributed by atoms with Crippen LogP contribution in [0.4, 0.5) is 11.5 Å². The van der Waals surface area contributed by atoms with E-state index in [2.05, 4.69) is 28.3 Å². The maximum absolute atomic E-state index is 5.97. The van der Waals surface area contributed by atoms with Gasteiger partial charge in [0.05, 0.1) is 0 Å². The van der Waals surface area contributed by atoms with Gasteiger partial charge in [-0.3, -0.25) is 0 Å². The Bertz CT molecular complexity index is 500. The molecule has 0 bridgehead atoms. The van der Waals surface area contributed by atoms with Gasteiger partial charge in [-0.15, -0.1) is 0 Å². The Morgan fingerprint density at radius 3 is 2.71 bits per heavy atom. The fourth-order valence-corrected chi connectivity index (χ4v) is 1.81. The van der Waals surface area contributed by atoms with Crippen LogP contribution in [-0.4, -0.2) is 9.97 Å². The third-order valence-corrected chi connectivity index (χ3v) is 2.72. The first-order valence-electron chi connectivity index (χ1n) is 5.62. The van der Waals surface area contributed by atoms with Crippen molar-refractivity contribution in [3.05, 3.63) is 47.4 Å². The second-order valence-electron chi connectivity index (χ2n) is 3.73. The number of nitrogens with one attached hydrogen (secondary N) is 1. The minimum absolute atomic E-state index is 0.388. The van der Waals surface area contributed by atoms with E-state index in [4.69, 9.17) is 11.6 Å². The summed E-state index contributed by atoms with van der Waals surface area (Å²) < 4.78 is 0. The van der Waals surface area contributed by atoms with Crippen molar-refractivity contribution in [3.63, 3.8) is 0 Å². The molecule has 4 heteroatoms. The highest BCUT2D eigenvalue weighted by atomic mass is 35.5. The number of nitrogens with zero attached hydrogens (tertiary/aromatic N) is 2. The van der Waals surface area contributed by atoms with Crippen molar-refractivity contribution in [2.24, 2.45) is 0 Å². The van der Waals surface area contributed by atoms with E-state index in [9.17, 15) is 0 Å². The van der Waals surface area contributed by atoms with Crippen molar-refractivity contribution in [1.29, 1.82) is 0 Å². The smallest absolute Gasteiger partial charge is 0.171 e. The van der Waals surface area contributed by atoms with E-state index < -0.39 is 0 Å². The third kappa shape index (κ3) is 2.94. The number of anilines is 2. The summed E-state index contributed by atoms with van der Waals surface area (Å²) in [6.07, 6.45) is 5.33. The van der Waals surface area contributed by atoms with Crippen LogP contribution in [0.15, 0.2) is 36.7 Å². The molecule has 2 aromatic rings. The van der Waals surface area contributed by atoms with E-state index in [0.717, 1.165) is 18.5 Å². The molecule has 0 aliphatic carbocycles. The summed E-state index contributed by atoms with van der Waals surface area (Å²) in [6.45, 7) is 2.16. The van der Waals surface area contributed by atoms with Crippen molar-refractivity contribution in [2.45, 2.75) is 19.8 Å². The zero-order valence-corrected chi connectivity index (χ0v) is 10.4. The van der Waals surface area contributed by atoms with E-state index >= 15 is 0 Å². The number of halogens is 1. The molecule has 0 atom stereocenters. The molecule has 0 aliphatic rings. The van der Waals surface area contributed by atoms with Crippen LogP contribution >= 0.6 is 11.6 Å². The topological polar surface area (TPSA) is 37.8 Å². The summed E-state index contributed by atoms with van der Waals surface area (Å²) in [4.78, 5) is 8.16. The first-order chi connectivity index (χ1) is 8.31. The monoisotopic (exact) mass is 247 g/mol. The fraction of sp³-hybridized carbons (Fsp3) is 0.231. The highest BCUT2D eigenvalue weighted by molar-refractivity contribution is 6.31. The van der Waals surface area contributed by atoms with E-state index in [-0.39, 0.29) is 0 Å². The minimum Gasteiger partial charge on any atom is -0.337 e. The second kappa shape index (κ2) is 5.64. The normalized spacial score (nSPS) is 10.2. The van der Waals surface area contributed by atoms with Gasteiger partial charge in [0.1, 0.15) is 0 Å². The van der Waals surface area contributed by atoms with Crippen molar-refractivity contribution in [3.8, 4) is 0 Å². The quantitative estimate of drug-likeness (QED) is 0.892. The van der Waals surface area contributed by atoms with Gasteiger partial charge in [0.2, 0.25) is 0 Å². The molecule has 88 valence electrons. The van der Waals surface area contributed by atoms with Crippen molar-refractivity contribution in [1.82, 2.24) is 9.97 Å². The maximum atomic E-state index is 5.97. The van der Waals surface area contributed by atoms with Gasteiger partial charge in [-0.05, 0) is 18.1 Å². The molecule has 17 heavy (non-hydrogen) atoms. The van der Waals surface area contributed by atoms with Gasteiger partial charge in [0.15, 0.2) is 11.0 Å². The molecule has 0 unspecified atom stereocenters. The van der Waals surface area contributed by atoms with E-state index in [1.54, 1.807) is 12.4 Å². The molecule has 0 fully saturated rings. The lowest BCUT2D eigenvalue weighted by Gasteiger charge is -2.11. The third-order valence-electron chi connectivity index (χ3n) is 2.44. The molecule has 1 heterocycles. The summed E-state index contributed by atoms with van der Waals surface area (Å²) in [5.41, 5.74) is 2.30. The number of benzene rings is 1. The van der Waals surface area contributed by atoms with Crippen LogP contribution < -0.4 is 5.32 Å². The van der Waals surface area contributed by atoms with Crippen molar-refractivity contribution in [2.75, 3.05) is 5.32 Å². The molecule has 0 amide bonds. The fourth-order valence-electron chi connectivity index (χ4n) is 1.66. The summed E-state index contributed by atoms with van der Waals surface area (Å²) in [5, 5.41) is 3.61. The Labute approximate surface area is 106 Å². The van der Waals surface area contributed by atoms with Crippen LogP contribution in [0.25, 0.3) is 0 Å². The Morgan fingerprint density at radius 2 is 1.94 bits per heavy atom. The van der Waals surface area contributed by atoms with Crippen molar-refractivity contribution < 1.29 is 0 Å². The first kappa shape index (κ1) is 11.9. The number of hydrogen-bond acceptors (Lipinski definition) is 3. The van der Waals surface area contributed by atoms with Gasteiger partial charge in [0, 0.05) is 18.1 Å². The van der Waals surface area contributed by atoms with Crippen LogP contribution in [0.3, 0.4) is 0 Å². The lowest BCUT2D eigenvalue weighted by molar-refractivity contribution is 0.923. The van der Waals surface area contributed by atoms with E-state index in [0.29, 0.717) is 11.0 Å². The molecule has 1 aromatic heterocycles. The number of hydrogen-bond donors (Lipinski definition) is 1. The highest BCUT2D eigenvalue weighted by Crippen LogP contribution is 2.24. The Morgan fingerprint density at radius 1 is 1.18 bits per heavy atom. The zero-order chi connectivity index (χ0) is 12.1. The predicted molar refractivity (Wildman–Crippen MR) is 70.8 cm³/mol. The molecular formula is C13H14ClN3. The Balaban J connectivity index is 2.27. The molecule has 3 nitrogen and oxygen atoms in total. The molecule has 0 spiro atoms. The molecular weight excluding hydrogens is 234 g/mol. The SMILES string of the molecule is CCCc1ccccc1Nc1nccnc1Cl. The van der Waals surface area contributed by atoms with Gasteiger partial charge in [-0.1, -0.05) is 43.1 Å². The van der Waals surface area contributed by atoms with Crippen LogP contribution in [0, 0.1) is 0 Å². The van der Waals surface area contributed by atoms with Crippen LogP contribution in [0.5, 0.6) is 0 Å². The number of aryl methyl sites for hydroxylation is 1. The van der Waals surface area contributed by atoms with E-state index in [1.165, 1.54) is 5.56 Å². The number of para-hydroxylation sites is 1. The summed E-state index contributed by atoms with van der Waals surface area (Å²) in [6, 6.07) is 8.16. The lowest BCUT2D eigenvalue weighted by Crippen LogP contribution is -1.99. The predicted octanol–water partition coefficient (Wildman–Crippen LogP) is 3.83. The highest BCUT2D eigenvalue weighted by Gasteiger charge is 2.05. The van der Waals surface area contributed by atoms with Crippen LogP contribution in [0.2, 0.25) is 5.15 Å². The molecule has 2 rings (SSSR count). The van der Waals surface area contributed by atoms with Gasteiger partial charge >= 0.3 is 0 Å². The molecule has 0 aliphatic heterocycles. The standard InChI is InChI=1S/C13H14ClN3/c1-2-5-10-6-3-4-7-11(10)17-13-12(14)15-8-9-16-13/h3-4,6-9H,2,5H2,1H3,(H,16,17). The average Bonchev–Trinajstić information content (AvgIpc) is 2.35. The Hall–Kier alpha value is -1.61. The van der Waals surface area contributed by atoms with Crippen LogP contribution in [-0.2, 0) is 6.42 Å². The van der Waals surface area contributed by atoms with Gasteiger partial charge in [-0.25, -0.2) is 9.97 Å². The van der Waals surface area contributed by atoms with Gasteiger partial charge in [0.25, 0.3) is 0 Å². The van der Waals surface area contributed by atoms with Gasteiger partial charge < -0.3 is 5.32 Å². The van der Waals surface area contributed by atoms with Crippen molar-refractivity contribution >= 4 is 23.1 Å².